The summed E-state index contributed by atoms with van der Waals surface area (Å²) >= 11 is 0. The zero-order valence-corrected chi connectivity index (χ0v) is 15.3. The molecule has 0 saturated carbocycles. The fourth-order valence-electron chi connectivity index (χ4n) is 3.71. The maximum atomic E-state index is 13.8. The number of nitrogens with zero attached hydrogens (tertiary/aromatic N) is 3. The molecule has 0 atom stereocenters. The number of halogens is 1. The summed E-state index contributed by atoms with van der Waals surface area (Å²) in [4.78, 5) is 21.5. The van der Waals surface area contributed by atoms with Gasteiger partial charge in [0.25, 0.3) is 5.91 Å². The number of amides is 1. The second kappa shape index (κ2) is 7.37. The van der Waals surface area contributed by atoms with Crippen LogP contribution < -0.4 is 11.5 Å². The molecule has 8 heteroatoms. The van der Waals surface area contributed by atoms with Crippen LogP contribution in [0.2, 0.25) is 0 Å². The van der Waals surface area contributed by atoms with Gasteiger partial charge in [-0.15, -0.1) is 0 Å². The molecular formula is C19H23FN6O. The highest BCUT2D eigenvalue weighted by Gasteiger charge is 2.35. The molecule has 3 rings (SSSR count). The summed E-state index contributed by atoms with van der Waals surface area (Å²) < 4.78 is 13.8. The summed E-state index contributed by atoms with van der Waals surface area (Å²) in [5, 5.41) is 8.75. The van der Waals surface area contributed by atoms with Crippen molar-refractivity contribution in [2.75, 3.05) is 19.6 Å². The maximum Gasteiger partial charge on any atom is 0.251 e. The molecule has 0 aliphatic carbocycles. The van der Waals surface area contributed by atoms with E-state index in [9.17, 15) is 9.18 Å². The van der Waals surface area contributed by atoms with Crippen LogP contribution in [0.4, 0.5) is 4.39 Å². The minimum atomic E-state index is -0.729. The molecule has 0 unspecified atom stereocenters. The van der Waals surface area contributed by atoms with E-state index in [1.54, 1.807) is 0 Å². The average Bonchev–Trinajstić information content (AvgIpc) is 3.04. The first-order valence-electron chi connectivity index (χ1n) is 8.89. The largest absolute Gasteiger partial charge is 0.404 e. The van der Waals surface area contributed by atoms with Crippen LogP contribution in [0.5, 0.6) is 0 Å². The zero-order valence-electron chi connectivity index (χ0n) is 15.3. The van der Waals surface area contributed by atoms with Gasteiger partial charge in [-0.1, -0.05) is 6.92 Å². The van der Waals surface area contributed by atoms with E-state index in [1.165, 1.54) is 12.3 Å². The predicted octanol–water partition coefficient (Wildman–Crippen LogP) is 2.12. The lowest BCUT2D eigenvalue weighted by molar-refractivity contribution is 0.100. The van der Waals surface area contributed by atoms with Gasteiger partial charge in [0.2, 0.25) is 0 Å². The number of nitrogens with two attached hydrogens (primary N) is 2. The number of aromatic nitrogens is 2. The van der Waals surface area contributed by atoms with Crippen molar-refractivity contribution in [2.24, 2.45) is 16.9 Å². The Morgan fingerprint density at radius 1 is 1.48 bits per heavy atom. The van der Waals surface area contributed by atoms with E-state index in [0.29, 0.717) is 23.3 Å². The standard InChI is InChI=1S/C19H23FN6O/c1-19(3-7-26(8-4-19)6-2-5-21)14(11-22)18-24-15-10-12(20)9-13(17(23)27)16(15)25-18/h9-11H,2-4,6-8,22H2,1H3,(H2,23,27)(H,24,25). The van der Waals surface area contributed by atoms with E-state index in [-0.39, 0.29) is 11.0 Å². The van der Waals surface area contributed by atoms with Crippen molar-refractivity contribution >= 4 is 22.5 Å². The Morgan fingerprint density at radius 2 is 2.19 bits per heavy atom. The first kappa shape index (κ1) is 18.9. The number of nitrogens with one attached hydrogen (secondary N) is 1. The van der Waals surface area contributed by atoms with Crippen LogP contribution in [-0.2, 0) is 0 Å². The Hall–Kier alpha value is -2.92. The summed E-state index contributed by atoms with van der Waals surface area (Å²) in [6.45, 7) is 4.60. The lowest BCUT2D eigenvalue weighted by atomic mass is 9.74. The second-order valence-corrected chi connectivity index (χ2v) is 7.19. The quantitative estimate of drug-likeness (QED) is 0.743. The third-order valence-electron chi connectivity index (χ3n) is 5.39. The highest BCUT2D eigenvalue weighted by molar-refractivity contribution is 6.04. The number of imidazole rings is 1. The molecule has 0 bridgehead atoms. The molecule has 5 N–H and O–H groups in total. The van der Waals surface area contributed by atoms with Gasteiger partial charge in [0.15, 0.2) is 0 Å². The Balaban J connectivity index is 1.92. The first-order valence-corrected chi connectivity index (χ1v) is 8.89. The van der Waals surface area contributed by atoms with E-state index < -0.39 is 11.7 Å². The van der Waals surface area contributed by atoms with Crippen molar-refractivity contribution in [2.45, 2.75) is 26.2 Å². The monoisotopic (exact) mass is 370 g/mol. The molecule has 0 spiro atoms. The number of fused-ring (bicyclic) bond motifs is 1. The van der Waals surface area contributed by atoms with E-state index in [2.05, 4.69) is 27.9 Å². The summed E-state index contributed by atoms with van der Waals surface area (Å²) in [5.74, 6) is -0.761. The number of carbonyl (C=O) groups is 1. The number of hydrogen-bond donors (Lipinski definition) is 3. The van der Waals surface area contributed by atoms with Gasteiger partial charge < -0.3 is 21.4 Å². The normalized spacial score (nSPS) is 17.7. The van der Waals surface area contributed by atoms with Crippen molar-refractivity contribution in [1.29, 1.82) is 5.26 Å². The van der Waals surface area contributed by atoms with E-state index in [4.69, 9.17) is 16.7 Å². The lowest BCUT2D eigenvalue weighted by Crippen LogP contribution is -2.40. The molecule has 1 saturated heterocycles. The first-order chi connectivity index (χ1) is 12.9. The van der Waals surface area contributed by atoms with Gasteiger partial charge in [-0.05, 0) is 43.5 Å². The number of hydrogen-bond acceptors (Lipinski definition) is 5. The highest BCUT2D eigenvalue weighted by Crippen LogP contribution is 2.42. The van der Waals surface area contributed by atoms with Crippen molar-refractivity contribution < 1.29 is 9.18 Å². The number of H-pyrrole nitrogens is 1. The van der Waals surface area contributed by atoms with Gasteiger partial charge in [-0.3, -0.25) is 4.79 Å². The van der Waals surface area contributed by atoms with Gasteiger partial charge in [-0.2, -0.15) is 5.26 Å². The summed E-state index contributed by atoms with van der Waals surface area (Å²) in [5.41, 5.74) is 12.7. The van der Waals surface area contributed by atoms with Gasteiger partial charge in [0.1, 0.15) is 17.2 Å². The number of aromatic amines is 1. The molecular weight excluding hydrogens is 347 g/mol. The molecule has 0 radical (unpaired) electrons. The molecule has 142 valence electrons. The van der Waals surface area contributed by atoms with Gasteiger partial charge in [0, 0.05) is 24.7 Å². The number of nitriles is 1. The summed E-state index contributed by atoms with van der Waals surface area (Å²) in [7, 11) is 0. The highest BCUT2D eigenvalue weighted by atomic mass is 19.1. The number of piperidine rings is 1. The number of allylic oxidation sites excluding steroid dienone is 1. The smallest absolute Gasteiger partial charge is 0.251 e. The van der Waals surface area contributed by atoms with Crippen LogP contribution in [-0.4, -0.2) is 40.4 Å². The van der Waals surface area contributed by atoms with E-state index in [0.717, 1.165) is 44.1 Å². The van der Waals surface area contributed by atoms with Crippen LogP contribution in [0.3, 0.4) is 0 Å². The fraction of sp³-hybridized carbons (Fsp3) is 0.421. The zero-order chi connectivity index (χ0) is 19.6. The number of primary amides is 1. The van der Waals surface area contributed by atoms with Crippen molar-refractivity contribution in [1.82, 2.24) is 14.9 Å². The van der Waals surface area contributed by atoms with Gasteiger partial charge in [-0.25, -0.2) is 9.37 Å². The fourth-order valence-corrected chi connectivity index (χ4v) is 3.71. The summed E-state index contributed by atoms with van der Waals surface area (Å²) in [6.07, 6.45) is 3.76. The number of benzene rings is 1. The molecule has 1 amide bonds. The third-order valence-corrected chi connectivity index (χ3v) is 5.39. The van der Waals surface area contributed by atoms with Crippen LogP contribution in [0.1, 0.15) is 42.4 Å². The van der Waals surface area contributed by atoms with Gasteiger partial charge in [0.05, 0.1) is 17.1 Å². The average molecular weight is 370 g/mol. The molecule has 1 aliphatic heterocycles. The number of carbonyl (C=O) groups excluding carboxylic acids is 1. The number of likely N-dealkylation sites (tertiary alicyclic amines) is 1. The van der Waals surface area contributed by atoms with Crippen molar-refractivity contribution in [3.05, 3.63) is 35.5 Å². The minimum absolute atomic E-state index is 0.0420. The Morgan fingerprint density at radius 3 is 2.78 bits per heavy atom. The molecule has 7 nitrogen and oxygen atoms in total. The molecule has 1 aromatic heterocycles. The van der Waals surface area contributed by atoms with E-state index >= 15 is 0 Å². The maximum absolute atomic E-state index is 13.8. The van der Waals surface area contributed by atoms with Crippen LogP contribution in [0, 0.1) is 22.6 Å². The summed E-state index contributed by atoms with van der Waals surface area (Å²) in [6, 6.07) is 4.56. The van der Waals surface area contributed by atoms with Crippen molar-refractivity contribution in [3.8, 4) is 6.07 Å². The molecule has 2 heterocycles. The molecule has 1 aromatic carbocycles. The molecule has 27 heavy (non-hydrogen) atoms. The van der Waals surface area contributed by atoms with Gasteiger partial charge >= 0.3 is 0 Å². The van der Waals surface area contributed by atoms with E-state index in [1.807, 2.05) is 0 Å². The third kappa shape index (κ3) is 3.64. The lowest BCUT2D eigenvalue weighted by Gasteiger charge is -2.40. The van der Waals surface area contributed by atoms with Crippen LogP contribution >= 0.6 is 0 Å². The topological polar surface area (TPSA) is 125 Å². The number of rotatable bonds is 5. The predicted molar refractivity (Wildman–Crippen MR) is 101 cm³/mol. The second-order valence-electron chi connectivity index (χ2n) is 7.19. The van der Waals surface area contributed by atoms with Crippen LogP contribution in [0.25, 0.3) is 16.6 Å². The molecule has 2 aromatic rings. The van der Waals surface area contributed by atoms with Crippen LogP contribution in [0.15, 0.2) is 18.3 Å². The Kier molecular flexibility index (Phi) is 5.15. The SMILES string of the molecule is CC1(C(=CN)c2nc3c(C(N)=O)cc(F)cc3[nH]2)CCN(CCC#N)CC1. The molecule has 1 aliphatic rings. The Labute approximate surface area is 156 Å². The Bertz CT molecular complexity index is 934. The van der Waals surface area contributed by atoms with Crippen molar-refractivity contribution in [3.63, 3.8) is 0 Å². The molecule has 1 fully saturated rings. The minimum Gasteiger partial charge on any atom is -0.404 e.